The van der Waals surface area contributed by atoms with Crippen molar-refractivity contribution >= 4 is 59.1 Å². The molecule has 8 N–H and O–H groups in total. The minimum atomic E-state index is -1.12. The number of nitrogens with zero attached hydrogens (tertiary/aromatic N) is 1. The molecule has 10 saturated heterocycles. The Labute approximate surface area is 570 Å². The first-order valence-electron chi connectivity index (χ1n) is 35.1. The molecule has 21 atom stereocenters. The highest BCUT2D eigenvalue weighted by Crippen LogP contribution is 2.55. The van der Waals surface area contributed by atoms with E-state index in [2.05, 4.69) is 46.7 Å². The van der Waals surface area contributed by atoms with E-state index in [1.54, 1.807) is 45.2 Å². The van der Waals surface area contributed by atoms with Crippen LogP contribution in [0.4, 0.5) is 15.3 Å². The summed E-state index contributed by atoms with van der Waals surface area (Å²) >= 11 is 0. The van der Waals surface area contributed by atoms with E-state index in [0.29, 0.717) is 67.7 Å². The molecule has 28 nitrogen and oxygen atoms in total. The molecule has 10 fully saturated rings. The first kappa shape index (κ1) is 72.5. The van der Waals surface area contributed by atoms with E-state index in [0.717, 1.165) is 55.4 Å². The molecule has 538 valence electrons. The molecule has 98 heavy (non-hydrogen) atoms. The molecule has 11 heterocycles. The van der Waals surface area contributed by atoms with Crippen LogP contribution in [0, 0.1) is 17.8 Å². The van der Waals surface area contributed by atoms with Gasteiger partial charge in [-0.2, -0.15) is 0 Å². The summed E-state index contributed by atoms with van der Waals surface area (Å²) < 4.78 is 66.3. The van der Waals surface area contributed by atoms with Gasteiger partial charge in [-0.05, 0) is 111 Å². The number of hydrogen-bond donors (Lipinski definition) is 7. The monoisotopic (exact) mass is 1370 g/mol. The Kier molecular flexibility index (Phi) is 23.9. The third-order valence-corrected chi connectivity index (χ3v) is 20.9. The number of alkyl carbamates (subject to hydrolysis) is 1. The maximum absolute atomic E-state index is 14.5. The lowest BCUT2D eigenvalue weighted by Crippen LogP contribution is -2.61. The summed E-state index contributed by atoms with van der Waals surface area (Å²) in [6.45, 7) is 14.3. The third-order valence-electron chi connectivity index (χ3n) is 20.9. The van der Waals surface area contributed by atoms with Crippen molar-refractivity contribution in [3.8, 4) is 0 Å². The van der Waals surface area contributed by atoms with Gasteiger partial charge in [-0.15, -0.1) is 0 Å². The summed E-state index contributed by atoms with van der Waals surface area (Å²) in [4.78, 5) is 120. The summed E-state index contributed by atoms with van der Waals surface area (Å²) in [6.07, 6.45) is 3.64. The summed E-state index contributed by atoms with van der Waals surface area (Å²) in [5.41, 5.74) is 8.19. The van der Waals surface area contributed by atoms with Crippen LogP contribution in [0.25, 0.3) is 0 Å². The minimum Gasteiger partial charge on any atom is -0.445 e. The Balaban J connectivity index is 0.664. The lowest BCUT2D eigenvalue weighted by atomic mass is 9.81. The van der Waals surface area contributed by atoms with Gasteiger partial charge in [0.2, 0.25) is 17.7 Å². The number of ether oxygens (including phenoxy) is 10. The average molecular weight is 1370 g/mol. The molecule has 12 rings (SSSR count). The average Bonchev–Trinajstić information content (AvgIpc) is 1.55. The van der Waals surface area contributed by atoms with Crippen LogP contribution in [0.5, 0.6) is 0 Å². The number of nitrogens with one attached hydrogen (secondary N) is 5. The predicted molar refractivity (Wildman–Crippen MR) is 346 cm³/mol. The highest BCUT2D eigenvalue weighted by Gasteiger charge is 2.69. The zero-order valence-corrected chi connectivity index (χ0v) is 56.4. The van der Waals surface area contributed by atoms with Crippen molar-refractivity contribution in [2.45, 2.75) is 271 Å². The summed E-state index contributed by atoms with van der Waals surface area (Å²) in [7, 11) is 1.58. The molecule has 28 heteroatoms. The molecule has 0 radical (unpaired) electrons. The van der Waals surface area contributed by atoms with E-state index in [1.165, 1.54) is 0 Å². The molecule has 13 unspecified atom stereocenters. The normalized spacial score (nSPS) is 34.3. The van der Waals surface area contributed by atoms with E-state index < -0.39 is 120 Å². The molecular weight excluding hydrogens is 1270 g/mol. The van der Waals surface area contributed by atoms with Crippen LogP contribution >= 0.6 is 0 Å². The van der Waals surface area contributed by atoms with Gasteiger partial charge in [0.05, 0.1) is 67.1 Å². The number of rotatable bonds is 24. The number of anilines is 1. The van der Waals surface area contributed by atoms with Crippen LogP contribution in [0.2, 0.25) is 0 Å². The van der Waals surface area contributed by atoms with E-state index in [9.17, 15) is 48.3 Å². The molecule has 8 amide bonds. The number of aliphatic hydroxyl groups is 1. The maximum atomic E-state index is 14.5. The zero-order valence-electron chi connectivity index (χ0n) is 56.4. The second-order valence-corrected chi connectivity index (χ2v) is 28.4. The molecule has 0 aromatic heterocycles. The van der Waals surface area contributed by atoms with Crippen molar-refractivity contribution in [2.24, 2.45) is 23.5 Å². The van der Waals surface area contributed by atoms with Gasteiger partial charge in [0.15, 0.2) is 5.79 Å². The van der Waals surface area contributed by atoms with Crippen molar-refractivity contribution in [3.05, 3.63) is 66.3 Å². The lowest BCUT2D eigenvalue weighted by molar-refractivity contribution is -0.292. The predicted octanol–water partition coefficient (Wildman–Crippen LogP) is 4.75. The fourth-order valence-corrected chi connectivity index (χ4v) is 15.8. The molecular formula is C70H97N7O21. The van der Waals surface area contributed by atoms with Gasteiger partial charge >= 0.3 is 18.1 Å². The standard InChI is InChI=1S/C70H97N7O21/c1-36(2)59(76-55(80)12-8-7-9-13-58(83)98-77-56(81)22-23-57(77)82)67(85)75-48(11-10-26-72-68(71)86)66(84)74-41-16-14-40(15-17-41)35-89-69(87)73-34-43(79)31-53-60(88-6)47-30-42(78)29-45-19-21-50-61(92-45)65-64-63(94-50)62-54(95-64)33-70(96-62,97-65)25-24-46-28-38(4)49(90-46)20-18-44-27-37(3)39(5)51(91-44)32-52(47)93-53/h14-17,22-23,36-37,43-54,59-65,79H,4-5,7-13,18-21,24-35H2,1-3,6H3,(H,73,87)(H,74,84)(H,75,85)(H,76,80)(H3,71,72,86)/t37-,43?,44?,45?,46?,47?,48?,49?,50?,51?,52+,53?,54-,59+,60-,61+,62?,63?,64-,65?,70+/m1/s1. The Morgan fingerprint density at radius 1 is 0.735 bits per heavy atom. The van der Waals surface area contributed by atoms with Crippen molar-refractivity contribution in [1.29, 1.82) is 0 Å². The SMILES string of the molecule is C=C1CC2CC[C@@]34C[C@H]5O[C@@H]6C(OC7CCC(CC(=O)CC8[C@@H](OC)C(CC(O)CNC(=O)OCc9ccc(NC(=O)C(CCCNC(N)=O)NC(=O)[C@@H](NC(=O)CCCCCC(=O)ON%10C(=O)C=CC%10=O)C(C)C)cc9)O[C@H]8CC8OC(CCC1O2)C[C@@H](C)C8=C)O[C@@H]7C6O3)C5O4. The van der Waals surface area contributed by atoms with Crippen molar-refractivity contribution in [2.75, 3.05) is 25.5 Å². The van der Waals surface area contributed by atoms with Gasteiger partial charge in [0, 0.05) is 95.3 Å². The molecule has 1 aromatic rings. The first-order valence-corrected chi connectivity index (χ1v) is 35.1. The third kappa shape index (κ3) is 17.7. The number of carbonyl (C=O) groups excluding carboxylic acids is 9. The van der Waals surface area contributed by atoms with Gasteiger partial charge in [-0.1, -0.05) is 57.5 Å². The van der Waals surface area contributed by atoms with Crippen LogP contribution in [0.1, 0.15) is 155 Å². The molecule has 0 aliphatic carbocycles. The maximum Gasteiger partial charge on any atom is 0.407 e. The molecule has 11 aliphatic heterocycles. The van der Waals surface area contributed by atoms with Gasteiger partial charge in [0.1, 0.15) is 55.0 Å². The lowest BCUT2D eigenvalue weighted by Gasteiger charge is -2.47. The molecule has 1 spiro atoms. The number of ketones is 1. The number of hydrogen-bond acceptors (Lipinski definition) is 21. The van der Waals surface area contributed by atoms with E-state index in [1.807, 2.05) is 0 Å². The number of fused-ring (bicyclic) bond motifs is 6. The smallest absolute Gasteiger partial charge is 0.407 e. The van der Waals surface area contributed by atoms with Gasteiger partial charge in [-0.3, -0.25) is 28.8 Å². The van der Waals surface area contributed by atoms with E-state index >= 15 is 0 Å². The number of aliphatic hydroxyl groups excluding tert-OH is 1. The van der Waals surface area contributed by atoms with Gasteiger partial charge in [0.25, 0.3) is 11.8 Å². The summed E-state index contributed by atoms with van der Waals surface area (Å²) in [5, 5.41) is 25.3. The molecule has 1 aromatic carbocycles. The number of imide groups is 1. The van der Waals surface area contributed by atoms with Crippen molar-refractivity contribution in [1.82, 2.24) is 26.3 Å². The number of urea groups is 1. The van der Waals surface area contributed by atoms with Crippen LogP contribution in [0.3, 0.4) is 0 Å². The minimum absolute atomic E-state index is 0.0109. The number of amides is 8. The van der Waals surface area contributed by atoms with Crippen LogP contribution < -0.4 is 32.3 Å². The zero-order chi connectivity index (χ0) is 69.5. The van der Waals surface area contributed by atoms with Crippen molar-refractivity contribution in [3.63, 3.8) is 0 Å². The van der Waals surface area contributed by atoms with E-state index in [-0.39, 0.29) is 131 Å². The topological polar surface area (TPSA) is 365 Å². The van der Waals surface area contributed by atoms with E-state index in [4.69, 9.17) is 57.9 Å². The highest BCUT2D eigenvalue weighted by molar-refractivity contribution is 6.12. The Morgan fingerprint density at radius 3 is 2.20 bits per heavy atom. The second-order valence-electron chi connectivity index (χ2n) is 28.4. The Bertz CT molecular complexity index is 3130. The number of carbonyl (C=O) groups is 9. The fraction of sp³-hybridized carbons (Fsp3) is 0.700. The number of benzene rings is 1. The molecule has 11 aliphatic rings. The molecule has 12 bridgehead atoms. The summed E-state index contributed by atoms with van der Waals surface area (Å²) in [5.74, 6) is -5.48. The Hall–Kier alpha value is -6.73. The number of Topliss-reactive ketones (excluding diaryl/α,β-unsaturated/α-hetero) is 1. The Morgan fingerprint density at radius 2 is 1.45 bits per heavy atom. The number of hydroxylamine groups is 2. The van der Waals surface area contributed by atoms with Gasteiger partial charge in [-0.25, -0.2) is 14.4 Å². The van der Waals surface area contributed by atoms with Crippen LogP contribution in [-0.2, 0) is 92.4 Å². The van der Waals surface area contributed by atoms with Crippen LogP contribution in [0.15, 0.2) is 60.7 Å². The largest absolute Gasteiger partial charge is 0.445 e. The van der Waals surface area contributed by atoms with Gasteiger partial charge < -0.3 is 89.6 Å². The number of methoxy groups -OCH3 is 1. The molecule has 0 saturated carbocycles. The van der Waals surface area contributed by atoms with Crippen molar-refractivity contribution < 1.29 is 100 Å². The summed E-state index contributed by atoms with van der Waals surface area (Å²) in [6, 6.07) is 3.53. The van der Waals surface area contributed by atoms with Crippen LogP contribution in [-0.4, -0.2) is 199 Å². The quantitative estimate of drug-likeness (QED) is 0.0417. The number of unbranched alkanes of at least 4 members (excludes halogenated alkanes) is 2. The fourth-order valence-electron chi connectivity index (χ4n) is 15.8. The first-order chi connectivity index (χ1) is 47.0. The second kappa shape index (κ2) is 32.3. The highest BCUT2D eigenvalue weighted by atomic mass is 16.8. The number of primary amides is 1. The number of nitrogens with two attached hydrogens (primary N) is 1.